The van der Waals surface area contributed by atoms with Crippen LogP contribution in [0.3, 0.4) is 0 Å². The Morgan fingerprint density at radius 3 is 0.792 bits per heavy atom. The largest absolute Gasteiger partial charge is 0.462 e. The lowest BCUT2D eigenvalue weighted by atomic mass is 10.0. The Bertz CT molecular complexity index is 1330. The van der Waals surface area contributed by atoms with Crippen LogP contribution in [-0.4, -0.2) is 37.2 Å². The van der Waals surface area contributed by atoms with Gasteiger partial charge in [-0.05, 0) is 57.8 Å². The summed E-state index contributed by atoms with van der Waals surface area (Å²) in [4.78, 5) is 38.4. The average Bonchev–Trinajstić information content (AvgIpc) is 3.43. The second kappa shape index (κ2) is 65.9. The van der Waals surface area contributed by atoms with Gasteiger partial charge < -0.3 is 14.2 Å². The molecule has 0 rings (SSSR count). The molecular formula is C71H130O6. The number of ether oxygens (including phenoxy) is 3. The fourth-order valence-electron chi connectivity index (χ4n) is 10.3. The van der Waals surface area contributed by atoms with Crippen LogP contribution in [-0.2, 0) is 28.6 Å². The van der Waals surface area contributed by atoms with Crippen LogP contribution in [0.25, 0.3) is 0 Å². The van der Waals surface area contributed by atoms with Crippen molar-refractivity contribution in [2.45, 2.75) is 374 Å². The van der Waals surface area contributed by atoms with Gasteiger partial charge in [0.15, 0.2) is 6.10 Å². The van der Waals surface area contributed by atoms with E-state index in [1.807, 2.05) is 0 Å². The normalized spacial score (nSPS) is 12.3. The predicted molar refractivity (Wildman–Crippen MR) is 335 cm³/mol. The van der Waals surface area contributed by atoms with E-state index in [0.717, 1.165) is 83.5 Å². The Labute approximate surface area is 479 Å². The Morgan fingerprint density at radius 1 is 0.273 bits per heavy atom. The molecule has 0 aliphatic carbocycles. The number of unbranched alkanes of at least 4 members (excludes halogenated alkanes) is 44. The molecule has 0 saturated heterocycles. The van der Waals surface area contributed by atoms with Gasteiger partial charge in [-0.3, -0.25) is 14.4 Å². The molecule has 0 amide bonds. The molecule has 0 fully saturated rings. The third kappa shape index (κ3) is 64.1. The molecule has 0 saturated carbocycles. The molecule has 0 radical (unpaired) electrons. The fourth-order valence-corrected chi connectivity index (χ4v) is 10.3. The number of esters is 3. The maximum atomic E-state index is 12.9. The summed E-state index contributed by atoms with van der Waals surface area (Å²) in [5.41, 5.74) is 0. The van der Waals surface area contributed by atoms with Gasteiger partial charge in [-0.1, -0.05) is 339 Å². The van der Waals surface area contributed by atoms with Gasteiger partial charge >= 0.3 is 17.9 Å². The number of hydrogen-bond acceptors (Lipinski definition) is 6. The highest BCUT2D eigenvalue weighted by molar-refractivity contribution is 5.71. The summed E-state index contributed by atoms with van der Waals surface area (Å²) < 4.78 is 17.0. The third-order valence-corrected chi connectivity index (χ3v) is 15.3. The number of hydrogen-bond donors (Lipinski definition) is 0. The van der Waals surface area contributed by atoms with E-state index in [9.17, 15) is 14.4 Å². The Kier molecular flexibility index (Phi) is 63.6. The molecular weight excluding hydrogens is 949 g/mol. The lowest BCUT2D eigenvalue weighted by Gasteiger charge is -2.18. The minimum Gasteiger partial charge on any atom is -0.462 e. The first-order valence-electron chi connectivity index (χ1n) is 34.1. The van der Waals surface area contributed by atoms with Crippen molar-refractivity contribution in [3.63, 3.8) is 0 Å². The molecule has 0 aromatic rings. The highest BCUT2D eigenvalue weighted by atomic mass is 16.6. The molecule has 1 unspecified atom stereocenters. The molecule has 0 N–H and O–H groups in total. The van der Waals surface area contributed by atoms with Gasteiger partial charge in [0.05, 0.1) is 0 Å². The monoisotopic (exact) mass is 1080 g/mol. The van der Waals surface area contributed by atoms with Crippen LogP contribution >= 0.6 is 0 Å². The molecule has 450 valence electrons. The van der Waals surface area contributed by atoms with Crippen LogP contribution in [0.2, 0.25) is 0 Å². The summed E-state index contributed by atoms with van der Waals surface area (Å²) in [6.07, 6.45) is 82.6. The number of rotatable bonds is 63. The Hall–Kier alpha value is -2.63. The van der Waals surface area contributed by atoms with Crippen LogP contribution in [0.4, 0.5) is 0 Å². The molecule has 0 aromatic heterocycles. The van der Waals surface area contributed by atoms with Crippen LogP contribution in [0.1, 0.15) is 367 Å². The van der Waals surface area contributed by atoms with Crippen LogP contribution < -0.4 is 0 Å². The zero-order valence-electron chi connectivity index (χ0n) is 51.7. The van der Waals surface area contributed by atoms with E-state index in [1.54, 1.807) is 0 Å². The van der Waals surface area contributed by atoms with E-state index in [0.29, 0.717) is 19.3 Å². The predicted octanol–water partition coefficient (Wildman–Crippen LogP) is 23.3. The summed E-state index contributed by atoms with van der Waals surface area (Å²) in [6, 6.07) is 0. The maximum absolute atomic E-state index is 12.9. The summed E-state index contributed by atoms with van der Waals surface area (Å²) >= 11 is 0. The minimum absolute atomic E-state index is 0.0682. The van der Waals surface area contributed by atoms with Crippen LogP contribution in [0.15, 0.2) is 48.6 Å². The first-order valence-corrected chi connectivity index (χ1v) is 34.1. The zero-order valence-corrected chi connectivity index (χ0v) is 51.7. The highest BCUT2D eigenvalue weighted by Crippen LogP contribution is 2.18. The molecule has 1 atom stereocenters. The van der Waals surface area contributed by atoms with Crippen molar-refractivity contribution in [3.05, 3.63) is 48.6 Å². The van der Waals surface area contributed by atoms with Crippen molar-refractivity contribution < 1.29 is 28.6 Å². The van der Waals surface area contributed by atoms with Crippen LogP contribution in [0.5, 0.6) is 0 Å². The second-order valence-electron chi connectivity index (χ2n) is 23.1. The molecule has 0 aliphatic heterocycles. The number of allylic oxidation sites excluding steroid dienone is 8. The van der Waals surface area contributed by atoms with Crippen molar-refractivity contribution >= 4 is 17.9 Å². The summed E-state index contributed by atoms with van der Waals surface area (Å²) in [6.45, 7) is 6.60. The van der Waals surface area contributed by atoms with Gasteiger partial charge in [0, 0.05) is 19.3 Å². The minimum atomic E-state index is -0.772. The summed E-state index contributed by atoms with van der Waals surface area (Å²) in [5, 5.41) is 0. The maximum Gasteiger partial charge on any atom is 0.306 e. The first-order chi connectivity index (χ1) is 38.0. The van der Waals surface area contributed by atoms with Crippen molar-refractivity contribution in [2.24, 2.45) is 0 Å². The molecule has 6 nitrogen and oxygen atoms in total. The molecule has 6 heteroatoms. The van der Waals surface area contributed by atoms with Crippen molar-refractivity contribution in [3.8, 4) is 0 Å². The second-order valence-corrected chi connectivity index (χ2v) is 23.1. The Balaban J connectivity index is 4.31. The molecule has 0 aromatic carbocycles. The van der Waals surface area contributed by atoms with Crippen LogP contribution in [0, 0.1) is 0 Å². The highest BCUT2D eigenvalue weighted by Gasteiger charge is 2.19. The van der Waals surface area contributed by atoms with Crippen molar-refractivity contribution in [1.29, 1.82) is 0 Å². The van der Waals surface area contributed by atoms with E-state index in [4.69, 9.17) is 14.2 Å². The van der Waals surface area contributed by atoms with E-state index >= 15 is 0 Å². The van der Waals surface area contributed by atoms with E-state index in [2.05, 4.69) is 69.4 Å². The summed E-state index contributed by atoms with van der Waals surface area (Å²) in [5.74, 6) is -0.844. The van der Waals surface area contributed by atoms with E-state index in [-0.39, 0.29) is 31.1 Å². The molecule has 0 aliphatic rings. The smallest absolute Gasteiger partial charge is 0.306 e. The molecule has 77 heavy (non-hydrogen) atoms. The van der Waals surface area contributed by atoms with E-state index < -0.39 is 6.10 Å². The molecule has 0 heterocycles. The molecule has 0 bridgehead atoms. The van der Waals surface area contributed by atoms with E-state index in [1.165, 1.54) is 244 Å². The number of carbonyl (C=O) groups excluding carboxylic acids is 3. The quantitative estimate of drug-likeness (QED) is 0.0261. The SMILES string of the molecule is CC/C=C\C/C=C\C/C=C\C/C=C\CCCCCCCCCCCCC(=O)OCC(COC(=O)CCCCCCCCCCCCCCCCCCC)OC(=O)CCCCCCCCCCCCCCCCCCCCC. The molecule has 0 spiro atoms. The average molecular weight is 1080 g/mol. The van der Waals surface area contributed by atoms with Gasteiger partial charge in [0.25, 0.3) is 0 Å². The van der Waals surface area contributed by atoms with Gasteiger partial charge in [-0.25, -0.2) is 0 Å². The van der Waals surface area contributed by atoms with Crippen molar-refractivity contribution in [2.75, 3.05) is 13.2 Å². The first kappa shape index (κ1) is 74.4. The van der Waals surface area contributed by atoms with Gasteiger partial charge in [-0.15, -0.1) is 0 Å². The topological polar surface area (TPSA) is 78.9 Å². The zero-order chi connectivity index (χ0) is 55.7. The Morgan fingerprint density at radius 2 is 0.506 bits per heavy atom. The third-order valence-electron chi connectivity index (χ3n) is 15.3. The van der Waals surface area contributed by atoms with Gasteiger partial charge in [0.2, 0.25) is 0 Å². The van der Waals surface area contributed by atoms with Gasteiger partial charge in [-0.2, -0.15) is 0 Å². The number of carbonyl (C=O) groups is 3. The fraction of sp³-hybridized carbons (Fsp3) is 0.845. The van der Waals surface area contributed by atoms with Crippen molar-refractivity contribution in [1.82, 2.24) is 0 Å². The van der Waals surface area contributed by atoms with Gasteiger partial charge in [0.1, 0.15) is 13.2 Å². The lowest BCUT2D eigenvalue weighted by molar-refractivity contribution is -0.167. The lowest BCUT2D eigenvalue weighted by Crippen LogP contribution is -2.30. The standard InChI is InChI=1S/C71H130O6/c1-4-7-10-13-16-19-22-25-28-31-33-34-35-36-38-40-43-46-49-52-55-58-61-64-70(73)76-67-68(66-75-69(72)63-60-57-54-51-48-45-42-39-30-27-24-21-18-15-12-9-6-3)77-71(74)65-62-59-56-53-50-47-44-41-37-32-29-26-23-20-17-14-11-8-5-2/h7,10,16,19,25,28,33-34,68H,4-6,8-9,11-15,17-18,20-24,26-27,29-32,35-67H2,1-3H3/b10-7-,19-16-,28-25-,34-33-. The summed E-state index contributed by atoms with van der Waals surface area (Å²) in [7, 11) is 0.